The van der Waals surface area contributed by atoms with Gasteiger partial charge in [-0.25, -0.2) is 8.42 Å². The fourth-order valence-corrected chi connectivity index (χ4v) is 4.51. The summed E-state index contributed by atoms with van der Waals surface area (Å²) in [6.07, 6.45) is -3.55. The van der Waals surface area contributed by atoms with Gasteiger partial charge in [-0.15, -0.1) is 0 Å². The number of nitrogens with one attached hydrogen (secondary N) is 1. The van der Waals surface area contributed by atoms with Crippen molar-refractivity contribution in [3.8, 4) is 5.69 Å². The molecule has 0 unspecified atom stereocenters. The van der Waals surface area contributed by atoms with Gasteiger partial charge in [-0.2, -0.15) is 13.2 Å². The van der Waals surface area contributed by atoms with Gasteiger partial charge in [-0.3, -0.25) is 19.1 Å². The van der Waals surface area contributed by atoms with E-state index in [1.54, 1.807) is 18.9 Å². The van der Waals surface area contributed by atoms with Crippen molar-refractivity contribution in [3.05, 3.63) is 92.9 Å². The van der Waals surface area contributed by atoms with E-state index in [2.05, 4.69) is 5.32 Å². The van der Waals surface area contributed by atoms with Crippen LogP contribution in [0.1, 0.15) is 32.7 Å². The van der Waals surface area contributed by atoms with Crippen LogP contribution in [-0.4, -0.2) is 55.4 Å². The summed E-state index contributed by atoms with van der Waals surface area (Å²) in [5, 5.41) is 11.9. The molecule has 12 heteroatoms. The third kappa shape index (κ3) is 6.88. The number of aliphatic hydroxyl groups excluding tert-OH is 1. The number of halogens is 3. The summed E-state index contributed by atoms with van der Waals surface area (Å²) in [6.45, 7) is 1.95. The van der Waals surface area contributed by atoms with Crippen LogP contribution in [0, 0.1) is 6.92 Å². The number of aliphatic hydroxyl groups is 1. The Kier molecular flexibility index (Phi) is 8.80. The number of benzene rings is 2. The summed E-state index contributed by atoms with van der Waals surface area (Å²) in [5.74, 6) is -0.742. The SMILES string of the molecule is Cc1c(CN(C)CCO)cc(C(=O)NCc2ccc(S(C)(=O)=O)cc2)c(=O)n1-c1cccc(C(F)(F)F)c1. The molecule has 0 aliphatic carbocycles. The normalized spacial score (nSPS) is 12.1. The van der Waals surface area contributed by atoms with Gasteiger partial charge in [0.2, 0.25) is 0 Å². The molecule has 1 amide bonds. The van der Waals surface area contributed by atoms with E-state index in [1.165, 1.54) is 42.5 Å². The molecule has 204 valence electrons. The molecule has 0 aliphatic heterocycles. The molecule has 0 fully saturated rings. The minimum absolute atomic E-state index is 0.0144. The van der Waals surface area contributed by atoms with Crippen molar-refractivity contribution in [3.63, 3.8) is 0 Å². The van der Waals surface area contributed by atoms with Gasteiger partial charge in [0, 0.05) is 37.3 Å². The second-order valence-corrected chi connectivity index (χ2v) is 10.9. The molecule has 1 heterocycles. The fraction of sp³-hybridized carbons (Fsp3) is 0.308. The molecule has 0 saturated carbocycles. The van der Waals surface area contributed by atoms with E-state index in [9.17, 15) is 36.3 Å². The molecule has 0 spiro atoms. The largest absolute Gasteiger partial charge is 0.416 e. The van der Waals surface area contributed by atoms with Crippen LogP contribution < -0.4 is 10.9 Å². The monoisotopic (exact) mass is 551 g/mol. The maximum atomic E-state index is 13.4. The summed E-state index contributed by atoms with van der Waals surface area (Å²) >= 11 is 0. The Morgan fingerprint density at radius 1 is 1.11 bits per heavy atom. The number of alkyl halides is 3. The lowest BCUT2D eigenvalue weighted by Gasteiger charge is -2.21. The number of hydrogen-bond donors (Lipinski definition) is 2. The molecule has 0 aliphatic rings. The van der Waals surface area contributed by atoms with Gasteiger partial charge in [0.1, 0.15) is 5.56 Å². The summed E-state index contributed by atoms with van der Waals surface area (Å²) in [6, 6.07) is 11.6. The molecule has 0 atom stereocenters. The predicted octanol–water partition coefficient (Wildman–Crippen LogP) is 2.92. The second kappa shape index (κ2) is 11.5. The molecule has 0 saturated heterocycles. The number of carbonyl (C=O) groups is 1. The van der Waals surface area contributed by atoms with Crippen LogP contribution in [0.3, 0.4) is 0 Å². The average Bonchev–Trinajstić information content (AvgIpc) is 2.84. The van der Waals surface area contributed by atoms with E-state index in [0.29, 0.717) is 23.4 Å². The van der Waals surface area contributed by atoms with Crippen molar-refractivity contribution in [1.29, 1.82) is 0 Å². The summed E-state index contributed by atoms with van der Waals surface area (Å²) in [5.41, 5.74) is -0.591. The van der Waals surface area contributed by atoms with Crippen LogP contribution in [0.25, 0.3) is 5.69 Å². The second-order valence-electron chi connectivity index (χ2n) is 8.92. The van der Waals surface area contributed by atoms with Gasteiger partial charge in [-0.1, -0.05) is 18.2 Å². The maximum Gasteiger partial charge on any atom is 0.416 e. The Morgan fingerprint density at radius 3 is 2.34 bits per heavy atom. The summed E-state index contributed by atoms with van der Waals surface area (Å²) in [4.78, 5) is 28.4. The quantitative estimate of drug-likeness (QED) is 0.424. The highest BCUT2D eigenvalue weighted by Gasteiger charge is 2.31. The standard InChI is InChI=1S/C26H28F3N3O5S/c1-17-19(16-31(2)11-12-33)13-23(24(34)30-15-18-7-9-22(10-8-18)38(3,36)37)25(35)32(17)21-6-4-5-20(14-21)26(27,28)29/h4-10,13-14,33H,11-12,15-16H2,1-3H3,(H,30,34). The maximum absolute atomic E-state index is 13.4. The van der Waals surface area contributed by atoms with Gasteiger partial charge >= 0.3 is 6.18 Å². The van der Waals surface area contributed by atoms with Gasteiger partial charge < -0.3 is 10.4 Å². The Balaban J connectivity index is 2.03. The highest BCUT2D eigenvalue weighted by atomic mass is 32.2. The lowest BCUT2D eigenvalue weighted by atomic mass is 10.1. The molecule has 1 aromatic heterocycles. The minimum atomic E-state index is -4.63. The molecule has 0 bridgehead atoms. The molecule has 3 aromatic rings. The third-order valence-electron chi connectivity index (χ3n) is 5.96. The van der Waals surface area contributed by atoms with Crippen molar-refractivity contribution < 1.29 is 31.5 Å². The lowest BCUT2D eigenvalue weighted by molar-refractivity contribution is -0.137. The Bertz CT molecular complexity index is 1480. The lowest BCUT2D eigenvalue weighted by Crippen LogP contribution is -2.35. The van der Waals surface area contributed by atoms with Crippen molar-refractivity contribution in [2.75, 3.05) is 26.5 Å². The first-order valence-corrected chi connectivity index (χ1v) is 13.4. The highest BCUT2D eigenvalue weighted by molar-refractivity contribution is 7.90. The van der Waals surface area contributed by atoms with Gasteiger partial charge in [-0.05, 0) is 61.5 Å². The zero-order valence-electron chi connectivity index (χ0n) is 21.0. The molecule has 2 aromatic carbocycles. The van der Waals surface area contributed by atoms with Crippen LogP contribution in [0.4, 0.5) is 13.2 Å². The molecule has 2 N–H and O–H groups in total. The third-order valence-corrected chi connectivity index (χ3v) is 7.08. The van der Waals surface area contributed by atoms with Crippen molar-refractivity contribution in [2.24, 2.45) is 0 Å². The number of carbonyl (C=O) groups excluding carboxylic acids is 1. The van der Waals surface area contributed by atoms with Crippen LogP contribution in [0.5, 0.6) is 0 Å². The topological polar surface area (TPSA) is 109 Å². The summed E-state index contributed by atoms with van der Waals surface area (Å²) in [7, 11) is -1.67. The number of sulfone groups is 1. The molecule has 3 rings (SSSR count). The number of pyridine rings is 1. The number of hydrogen-bond acceptors (Lipinski definition) is 6. The number of rotatable bonds is 9. The van der Waals surface area contributed by atoms with E-state index >= 15 is 0 Å². The van der Waals surface area contributed by atoms with E-state index in [1.807, 2.05) is 0 Å². The average molecular weight is 552 g/mol. The van der Waals surface area contributed by atoms with E-state index in [0.717, 1.165) is 23.0 Å². The number of amides is 1. The van der Waals surface area contributed by atoms with E-state index in [-0.39, 0.29) is 35.8 Å². The van der Waals surface area contributed by atoms with Crippen molar-refractivity contribution in [2.45, 2.75) is 31.1 Å². The van der Waals surface area contributed by atoms with Gasteiger partial charge in [0.05, 0.1) is 17.1 Å². The molecule has 0 radical (unpaired) electrons. The number of nitrogens with zero attached hydrogens (tertiary/aromatic N) is 2. The smallest absolute Gasteiger partial charge is 0.395 e. The zero-order chi connectivity index (χ0) is 28.3. The van der Waals surface area contributed by atoms with Crippen LogP contribution >= 0.6 is 0 Å². The number of likely N-dealkylation sites (N-methyl/N-ethyl adjacent to an activating group) is 1. The Morgan fingerprint density at radius 2 is 1.76 bits per heavy atom. The van der Waals surface area contributed by atoms with Gasteiger partial charge in [0.25, 0.3) is 11.5 Å². The highest BCUT2D eigenvalue weighted by Crippen LogP contribution is 2.30. The Labute approximate surface area is 218 Å². The minimum Gasteiger partial charge on any atom is -0.395 e. The molecular formula is C26H28F3N3O5S. The van der Waals surface area contributed by atoms with Crippen molar-refractivity contribution in [1.82, 2.24) is 14.8 Å². The van der Waals surface area contributed by atoms with Crippen LogP contribution in [0.15, 0.2) is 64.3 Å². The van der Waals surface area contributed by atoms with Gasteiger partial charge in [0.15, 0.2) is 9.84 Å². The molecule has 8 nitrogen and oxygen atoms in total. The summed E-state index contributed by atoms with van der Waals surface area (Å²) < 4.78 is 64.5. The van der Waals surface area contributed by atoms with Crippen LogP contribution in [-0.2, 0) is 29.1 Å². The zero-order valence-corrected chi connectivity index (χ0v) is 21.9. The van der Waals surface area contributed by atoms with Crippen molar-refractivity contribution >= 4 is 15.7 Å². The first-order valence-electron chi connectivity index (χ1n) is 11.5. The predicted molar refractivity (Wildman–Crippen MR) is 136 cm³/mol. The molecule has 38 heavy (non-hydrogen) atoms. The molecular weight excluding hydrogens is 523 g/mol. The van der Waals surface area contributed by atoms with E-state index < -0.39 is 33.0 Å². The fourth-order valence-electron chi connectivity index (χ4n) is 3.88. The van der Waals surface area contributed by atoms with E-state index in [4.69, 9.17) is 0 Å². The first-order chi connectivity index (χ1) is 17.7. The number of aromatic nitrogens is 1. The first kappa shape index (κ1) is 29.1. The Hall–Kier alpha value is -3.48. The van der Waals surface area contributed by atoms with Crippen LogP contribution in [0.2, 0.25) is 0 Å².